The third-order valence-corrected chi connectivity index (χ3v) is 6.28. The Hall–Kier alpha value is -0.430. The van der Waals surface area contributed by atoms with E-state index in [0.717, 1.165) is 6.16 Å². The highest BCUT2D eigenvalue weighted by Crippen LogP contribution is 2.48. The molecule has 2 saturated carbocycles. The Bertz CT molecular complexity index is 385. The van der Waals surface area contributed by atoms with Crippen molar-refractivity contribution in [2.24, 2.45) is 0 Å². The van der Waals surface area contributed by atoms with Gasteiger partial charge in [0.1, 0.15) is 0 Å². The Morgan fingerprint density at radius 1 is 0.857 bits per heavy atom. The van der Waals surface area contributed by atoms with Gasteiger partial charge in [-0.05, 0) is 63.4 Å². The molecule has 2 fully saturated rings. The maximum atomic E-state index is 6.19. The predicted molar refractivity (Wildman–Crippen MR) is 88.6 cm³/mol. The molecule has 2 aliphatic carbocycles. The third-order valence-electron chi connectivity index (χ3n) is 4.54. The summed E-state index contributed by atoms with van der Waals surface area (Å²) in [6.45, 7) is 0. The molecular formula is C18H27O2P. The predicted octanol–water partition coefficient (Wildman–Crippen LogP) is 5.46. The van der Waals surface area contributed by atoms with E-state index in [1.54, 1.807) is 0 Å². The van der Waals surface area contributed by atoms with Crippen molar-refractivity contribution in [3.8, 4) is 0 Å². The van der Waals surface area contributed by atoms with E-state index in [9.17, 15) is 0 Å². The van der Waals surface area contributed by atoms with Crippen molar-refractivity contribution < 1.29 is 9.05 Å². The summed E-state index contributed by atoms with van der Waals surface area (Å²) in [7, 11) is -0.629. The van der Waals surface area contributed by atoms with Crippen LogP contribution in [0.4, 0.5) is 0 Å². The summed E-state index contributed by atoms with van der Waals surface area (Å²) in [5, 5.41) is 0. The number of benzene rings is 1. The van der Waals surface area contributed by atoms with Crippen molar-refractivity contribution in [3.05, 3.63) is 35.9 Å². The Morgan fingerprint density at radius 3 is 2.00 bits per heavy atom. The van der Waals surface area contributed by atoms with Gasteiger partial charge >= 0.3 is 0 Å². The lowest BCUT2D eigenvalue weighted by atomic mass is 9.97. The summed E-state index contributed by atoms with van der Waals surface area (Å²) >= 11 is 0. The second-order valence-corrected chi connectivity index (χ2v) is 7.85. The maximum Gasteiger partial charge on any atom is 0.171 e. The molecule has 0 aliphatic heterocycles. The normalized spacial score (nSPS) is 19.5. The Balaban J connectivity index is 1.36. The molecule has 1 aromatic carbocycles. The van der Waals surface area contributed by atoms with Gasteiger partial charge in [0.15, 0.2) is 8.38 Å². The number of unbranched alkanes of at least 4 members (excludes halogenated alkanes) is 1. The standard InChI is InChI=1S/C18H27O2P/c1-2-8-16(9-3-1)10-4-5-15-21(19-17-11-6-12-17)20-18-13-7-14-18/h1-3,8-9,17-18H,4-7,10-15H2. The maximum absolute atomic E-state index is 6.19. The number of aryl methyl sites for hydroxylation is 1. The van der Waals surface area contributed by atoms with Crippen molar-refractivity contribution in [2.75, 3.05) is 6.16 Å². The molecule has 0 saturated heterocycles. The van der Waals surface area contributed by atoms with Crippen LogP contribution < -0.4 is 0 Å². The van der Waals surface area contributed by atoms with Crippen molar-refractivity contribution in [2.45, 2.75) is 70.0 Å². The third kappa shape index (κ3) is 5.06. The van der Waals surface area contributed by atoms with Gasteiger partial charge in [-0.1, -0.05) is 30.3 Å². The monoisotopic (exact) mass is 306 g/mol. The quantitative estimate of drug-likeness (QED) is 0.445. The fourth-order valence-corrected chi connectivity index (χ4v) is 4.46. The topological polar surface area (TPSA) is 18.5 Å². The summed E-state index contributed by atoms with van der Waals surface area (Å²) in [5.74, 6) is 0. The van der Waals surface area contributed by atoms with Crippen LogP contribution in [0.3, 0.4) is 0 Å². The first-order chi connectivity index (χ1) is 10.4. The van der Waals surface area contributed by atoms with Crippen LogP contribution in [0, 0.1) is 0 Å². The minimum Gasteiger partial charge on any atom is -0.331 e. The van der Waals surface area contributed by atoms with Crippen LogP contribution in [0.1, 0.15) is 56.9 Å². The molecular weight excluding hydrogens is 279 g/mol. The summed E-state index contributed by atoms with van der Waals surface area (Å²) < 4.78 is 12.4. The van der Waals surface area contributed by atoms with Gasteiger partial charge in [0.2, 0.25) is 0 Å². The van der Waals surface area contributed by atoms with Gasteiger partial charge in [-0.3, -0.25) is 0 Å². The Kier molecular flexibility index (Phi) is 6.09. The average Bonchev–Trinajstić information content (AvgIpc) is 2.42. The fraction of sp³-hybridized carbons (Fsp3) is 0.667. The first-order valence-electron chi connectivity index (χ1n) is 8.55. The molecule has 0 atom stereocenters. The number of hydrogen-bond donors (Lipinski definition) is 0. The van der Waals surface area contributed by atoms with E-state index < -0.39 is 8.38 Å². The van der Waals surface area contributed by atoms with Crippen molar-refractivity contribution >= 4 is 8.38 Å². The van der Waals surface area contributed by atoms with Gasteiger partial charge in [-0.25, -0.2) is 0 Å². The second kappa shape index (κ2) is 8.27. The largest absolute Gasteiger partial charge is 0.331 e. The van der Waals surface area contributed by atoms with E-state index >= 15 is 0 Å². The molecule has 0 amide bonds. The van der Waals surface area contributed by atoms with E-state index in [1.165, 1.54) is 63.4 Å². The van der Waals surface area contributed by atoms with Gasteiger partial charge in [0, 0.05) is 6.16 Å². The molecule has 3 heteroatoms. The van der Waals surface area contributed by atoms with Crippen LogP contribution in [-0.4, -0.2) is 18.4 Å². The molecule has 2 aliphatic rings. The van der Waals surface area contributed by atoms with E-state index in [1.807, 2.05) is 0 Å². The van der Waals surface area contributed by atoms with E-state index in [4.69, 9.17) is 9.05 Å². The zero-order valence-corrected chi connectivity index (χ0v) is 13.8. The fourth-order valence-electron chi connectivity index (χ4n) is 2.63. The summed E-state index contributed by atoms with van der Waals surface area (Å²) in [5.41, 5.74) is 1.45. The van der Waals surface area contributed by atoms with Gasteiger partial charge in [0.25, 0.3) is 0 Å². The first-order valence-corrected chi connectivity index (χ1v) is 9.91. The van der Waals surface area contributed by atoms with Gasteiger partial charge in [-0.15, -0.1) is 0 Å². The van der Waals surface area contributed by atoms with Crippen LogP contribution in [0.15, 0.2) is 30.3 Å². The number of hydrogen-bond acceptors (Lipinski definition) is 2. The molecule has 0 heterocycles. The van der Waals surface area contributed by atoms with Gasteiger partial charge in [-0.2, -0.15) is 0 Å². The molecule has 0 bridgehead atoms. The van der Waals surface area contributed by atoms with Crippen molar-refractivity contribution in [3.63, 3.8) is 0 Å². The van der Waals surface area contributed by atoms with E-state index in [-0.39, 0.29) is 0 Å². The molecule has 0 N–H and O–H groups in total. The van der Waals surface area contributed by atoms with Crippen LogP contribution >= 0.6 is 8.38 Å². The Labute approximate surface area is 130 Å². The zero-order valence-electron chi connectivity index (χ0n) is 12.9. The molecule has 3 rings (SSSR count). The minimum atomic E-state index is -0.629. The molecule has 0 unspecified atom stereocenters. The van der Waals surface area contributed by atoms with E-state index in [0.29, 0.717) is 12.2 Å². The lowest BCUT2D eigenvalue weighted by molar-refractivity contribution is 0.0701. The van der Waals surface area contributed by atoms with Crippen LogP contribution in [0.2, 0.25) is 0 Å². The highest BCUT2D eigenvalue weighted by atomic mass is 31.2. The van der Waals surface area contributed by atoms with Gasteiger partial charge in [0.05, 0.1) is 12.2 Å². The van der Waals surface area contributed by atoms with Crippen LogP contribution in [0.5, 0.6) is 0 Å². The summed E-state index contributed by atoms with van der Waals surface area (Å²) in [6, 6.07) is 10.8. The second-order valence-electron chi connectivity index (χ2n) is 6.32. The highest BCUT2D eigenvalue weighted by Gasteiger charge is 2.27. The van der Waals surface area contributed by atoms with E-state index in [2.05, 4.69) is 30.3 Å². The smallest absolute Gasteiger partial charge is 0.171 e. The molecule has 0 spiro atoms. The molecule has 1 aromatic rings. The first kappa shape index (κ1) is 15.5. The highest BCUT2D eigenvalue weighted by molar-refractivity contribution is 7.47. The lowest BCUT2D eigenvalue weighted by Gasteiger charge is -2.34. The van der Waals surface area contributed by atoms with Crippen molar-refractivity contribution in [1.29, 1.82) is 0 Å². The average molecular weight is 306 g/mol. The lowest BCUT2D eigenvalue weighted by Crippen LogP contribution is -2.24. The minimum absolute atomic E-state index is 0.505. The number of rotatable bonds is 9. The molecule has 0 radical (unpaired) electrons. The van der Waals surface area contributed by atoms with Crippen molar-refractivity contribution in [1.82, 2.24) is 0 Å². The molecule has 0 aromatic heterocycles. The van der Waals surface area contributed by atoms with Crippen LogP contribution in [-0.2, 0) is 15.5 Å². The molecule has 21 heavy (non-hydrogen) atoms. The zero-order chi connectivity index (χ0) is 14.3. The Morgan fingerprint density at radius 2 is 1.48 bits per heavy atom. The van der Waals surface area contributed by atoms with Gasteiger partial charge < -0.3 is 9.05 Å². The SMILES string of the molecule is c1ccc(CCCCP(OC2CCC2)OC2CCC2)cc1. The van der Waals surface area contributed by atoms with Crippen LogP contribution in [0.25, 0.3) is 0 Å². The molecule has 2 nitrogen and oxygen atoms in total. The molecule has 116 valence electrons. The summed E-state index contributed by atoms with van der Waals surface area (Å²) in [6.07, 6.45) is 13.4. The summed E-state index contributed by atoms with van der Waals surface area (Å²) in [4.78, 5) is 0.